The van der Waals surface area contributed by atoms with E-state index < -0.39 is 5.60 Å². The zero-order chi connectivity index (χ0) is 18.1. The molecule has 0 spiro atoms. The quantitative estimate of drug-likeness (QED) is 0.833. The van der Waals surface area contributed by atoms with E-state index in [9.17, 15) is 9.59 Å². The van der Waals surface area contributed by atoms with Crippen molar-refractivity contribution < 1.29 is 14.3 Å². The number of morpholine rings is 1. The zero-order valence-electron chi connectivity index (χ0n) is 15.5. The van der Waals surface area contributed by atoms with Crippen LogP contribution >= 0.6 is 0 Å². The monoisotopic (exact) mass is 356 g/mol. The van der Waals surface area contributed by atoms with Gasteiger partial charge in [-0.25, -0.2) is 0 Å². The van der Waals surface area contributed by atoms with Crippen molar-refractivity contribution in [2.75, 3.05) is 24.6 Å². The first-order valence-electron chi connectivity index (χ1n) is 9.86. The number of hydrogen-bond acceptors (Lipinski definition) is 3. The van der Waals surface area contributed by atoms with Crippen LogP contribution < -0.4 is 4.90 Å². The van der Waals surface area contributed by atoms with Crippen molar-refractivity contribution in [1.82, 2.24) is 4.90 Å². The molecule has 5 nitrogen and oxygen atoms in total. The lowest BCUT2D eigenvalue weighted by atomic mass is 9.81. The summed E-state index contributed by atoms with van der Waals surface area (Å²) in [5, 5.41) is 0. The van der Waals surface area contributed by atoms with Gasteiger partial charge in [0, 0.05) is 25.2 Å². The lowest BCUT2D eigenvalue weighted by Gasteiger charge is -2.52. The maximum Gasteiger partial charge on any atom is 0.253 e. The molecule has 1 saturated carbocycles. The van der Waals surface area contributed by atoms with Gasteiger partial charge in [0.1, 0.15) is 6.61 Å². The van der Waals surface area contributed by atoms with Crippen LogP contribution in [0.2, 0.25) is 0 Å². The number of likely N-dealkylation sites (tertiary alicyclic amines) is 1. The van der Waals surface area contributed by atoms with Gasteiger partial charge in [-0.3, -0.25) is 9.59 Å². The third kappa shape index (κ3) is 3.25. The lowest BCUT2D eigenvalue weighted by Crippen LogP contribution is -2.68. The molecule has 26 heavy (non-hydrogen) atoms. The molecule has 2 saturated heterocycles. The summed E-state index contributed by atoms with van der Waals surface area (Å²) in [6.45, 7) is 3.46. The molecule has 0 unspecified atom stereocenters. The van der Waals surface area contributed by atoms with Crippen LogP contribution in [-0.4, -0.2) is 48.1 Å². The van der Waals surface area contributed by atoms with E-state index >= 15 is 0 Å². The highest BCUT2D eigenvalue weighted by Crippen LogP contribution is 2.37. The predicted octanol–water partition coefficient (Wildman–Crippen LogP) is 2.99. The van der Waals surface area contributed by atoms with Gasteiger partial charge in [-0.2, -0.15) is 0 Å². The highest BCUT2D eigenvalue weighted by molar-refractivity contribution is 5.96. The summed E-state index contributed by atoms with van der Waals surface area (Å²) in [6, 6.07) is 9.62. The fourth-order valence-electron chi connectivity index (χ4n) is 4.42. The number of piperidine rings is 1. The summed E-state index contributed by atoms with van der Waals surface area (Å²) in [6.07, 6.45) is 6.28. The third-order valence-electron chi connectivity index (χ3n) is 6.46. The maximum atomic E-state index is 12.7. The molecular formula is C21H28N2O3. The average Bonchev–Trinajstić information content (AvgIpc) is 2.61. The molecule has 3 fully saturated rings. The first-order valence-corrected chi connectivity index (χ1v) is 9.86. The number of carbonyl (C=O) groups is 2. The minimum Gasteiger partial charge on any atom is -0.363 e. The first-order chi connectivity index (χ1) is 12.6. The minimum atomic E-state index is -0.394. The number of benzene rings is 1. The second kappa shape index (κ2) is 7.03. The Labute approximate surface area is 155 Å². The fourth-order valence-corrected chi connectivity index (χ4v) is 4.42. The Balaban J connectivity index is 1.50. The summed E-state index contributed by atoms with van der Waals surface area (Å²) >= 11 is 0. The highest BCUT2D eigenvalue weighted by Gasteiger charge is 2.49. The summed E-state index contributed by atoms with van der Waals surface area (Å²) in [5.41, 5.74) is 0.495. The molecule has 0 radical (unpaired) electrons. The Morgan fingerprint density at radius 2 is 2.04 bits per heavy atom. The number of rotatable bonds is 4. The van der Waals surface area contributed by atoms with Gasteiger partial charge in [0.2, 0.25) is 5.91 Å². The van der Waals surface area contributed by atoms with Gasteiger partial charge in [0.15, 0.2) is 0 Å². The van der Waals surface area contributed by atoms with E-state index in [1.54, 1.807) is 0 Å². The van der Waals surface area contributed by atoms with Gasteiger partial charge >= 0.3 is 0 Å². The number of para-hydroxylation sites is 1. The predicted molar refractivity (Wildman–Crippen MR) is 99.8 cm³/mol. The Bertz CT molecular complexity index is 673. The number of hydrogen-bond donors (Lipinski definition) is 0. The number of nitrogens with zero attached hydrogens (tertiary/aromatic N) is 2. The molecule has 4 rings (SSSR count). The Hall–Kier alpha value is -1.88. The summed E-state index contributed by atoms with van der Waals surface area (Å²) < 4.78 is 5.96. The Morgan fingerprint density at radius 3 is 2.73 bits per heavy atom. The van der Waals surface area contributed by atoms with Crippen LogP contribution in [0, 0.1) is 5.92 Å². The fraction of sp³-hybridized carbons (Fsp3) is 0.619. The van der Waals surface area contributed by atoms with E-state index in [4.69, 9.17) is 4.74 Å². The normalized spacial score (nSPS) is 29.3. The van der Waals surface area contributed by atoms with Crippen LogP contribution in [0.1, 0.15) is 45.4 Å². The third-order valence-corrected chi connectivity index (χ3v) is 6.46. The van der Waals surface area contributed by atoms with Crippen LogP contribution in [0.5, 0.6) is 0 Å². The molecule has 140 valence electrons. The van der Waals surface area contributed by atoms with Crippen molar-refractivity contribution in [3.63, 3.8) is 0 Å². The molecule has 3 aliphatic rings. The second-order valence-electron chi connectivity index (χ2n) is 8.14. The number of amides is 2. The van der Waals surface area contributed by atoms with E-state index in [1.165, 1.54) is 19.3 Å². The lowest BCUT2D eigenvalue weighted by molar-refractivity contribution is -0.156. The molecule has 1 aromatic carbocycles. The first kappa shape index (κ1) is 17.5. The van der Waals surface area contributed by atoms with Crippen LogP contribution in [0.3, 0.4) is 0 Å². The van der Waals surface area contributed by atoms with Crippen LogP contribution in [0.15, 0.2) is 30.3 Å². The number of ether oxygens (including phenoxy) is 1. The van der Waals surface area contributed by atoms with Gasteiger partial charge in [-0.1, -0.05) is 37.5 Å². The van der Waals surface area contributed by atoms with Gasteiger partial charge in [0.05, 0.1) is 11.6 Å². The Kier molecular flexibility index (Phi) is 4.74. The zero-order valence-corrected chi connectivity index (χ0v) is 15.5. The topological polar surface area (TPSA) is 49.9 Å². The summed E-state index contributed by atoms with van der Waals surface area (Å²) in [4.78, 5) is 29.2. The van der Waals surface area contributed by atoms with Crippen molar-refractivity contribution in [2.24, 2.45) is 5.92 Å². The minimum absolute atomic E-state index is 0.0255. The van der Waals surface area contributed by atoms with Gasteiger partial charge in [-0.15, -0.1) is 0 Å². The molecular weight excluding hydrogens is 328 g/mol. The van der Waals surface area contributed by atoms with E-state index in [0.717, 1.165) is 24.4 Å². The van der Waals surface area contributed by atoms with E-state index in [0.29, 0.717) is 19.5 Å². The van der Waals surface area contributed by atoms with E-state index in [1.807, 2.05) is 40.1 Å². The SMILES string of the molecule is C[C@@]12CCN(C(=O)CCC3CCC3)C[C@H]1N(c1ccccc1)C(=O)CO2. The number of fused-ring (bicyclic) bond motifs is 1. The highest BCUT2D eigenvalue weighted by atomic mass is 16.5. The van der Waals surface area contributed by atoms with Crippen LogP contribution in [0.25, 0.3) is 0 Å². The summed E-state index contributed by atoms with van der Waals surface area (Å²) in [7, 11) is 0. The molecule has 0 aromatic heterocycles. The van der Waals surface area contributed by atoms with Gasteiger partial charge < -0.3 is 14.5 Å². The van der Waals surface area contributed by atoms with E-state index in [2.05, 4.69) is 6.92 Å². The van der Waals surface area contributed by atoms with Crippen molar-refractivity contribution in [2.45, 2.75) is 57.1 Å². The van der Waals surface area contributed by atoms with Crippen molar-refractivity contribution in [3.8, 4) is 0 Å². The molecule has 0 N–H and O–H groups in total. The molecule has 5 heteroatoms. The molecule has 2 amide bonds. The van der Waals surface area contributed by atoms with Gasteiger partial charge in [0.25, 0.3) is 5.91 Å². The van der Waals surface area contributed by atoms with Crippen LogP contribution in [0.4, 0.5) is 5.69 Å². The van der Waals surface area contributed by atoms with Gasteiger partial charge in [-0.05, 0) is 37.8 Å². The van der Waals surface area contributed by atoms with Crippen molar-refractivity contribution >= 4 is 17.5 Å². The second-order valence-corrected chi connectivity index (χ2v) is 8.14. The smallest absolute Gasteiger partial charge is 0.253 e. The largest absolute Gasteiger partial charge is 0.363 e. The Morgan fingerprint density at radius 1 is 1.27 bits per heavy atom. The molecule has 2 aliphatic heterocycles. The maximum absolute atomic E-state index is 12.7. The van der Waals surface area contributed by atoms with Crippen molar-refractivity contribution in [1.29, 1.82) is 0 Å². The molecule has 1 aliphatic carbocycles. The standard InChI is InChI=1S/C21H28N2O3/c1-21-12-13-22(19(24)11-10-16-6-5-7-16)14-18(21)23(20(25)15-26-21)17-8-3-2-4-9-17/h2-4,8-9,16,18H,5-7,10-15H2,1H3/t18-,21-/m1/s1. The van der Waals surface area contributed by atoms with E-state index in [-0.39, 0.29) is 24.5 Å². The number of carbonyl (C=O) groups excluding carboxylic acids is 2. The summed E-state index contributed by atoms with van der Waals surface area (Å²) in [5.74, 6) is 0.946. The van der Waals surface area contributed by atoms with Crippen molar-refractivity contribution in [3.05, 3.63) is 30.3 Å². The average molecular weight is 356 g/mol. The molecule has 0 bridgehead atoms. The van der Waals surface area contributed by atoms with Crippen LogP contribution in [-0.2, 0) is 14.3 Å². The number of anilines is 1. The molecule has 1 aromatic rings. The molecule has 2 heterocycles. The molecule has 2 atom stereocenters.